The van der Waals surface area contributed by atoms with Gasteiger partial charge in [0.2, 0.25) is 0 Å². The summed E-state index contributed by atoms with van der Waals surface area (Å²) in [6.07, 6.45) is 3.29. The van der Waals surface area contributed by atoms with Gasteiger partial charge in [-0.15, -0.1) is 0 Å². The number of piperidine rings is 1. The second kappa shape index (κ2) is 7.36. The Morgan fingerprint density at radius 2 is 2.00 bits per heavy atom. The van der Waals surface area contributed by atoms with Gasteiger partial charge in [-0.2, -0.15) is 0 Å². The molecule has 2 rings (SSSR count). The van der Waals surface area contributed by atoms with E-state index in [0.717, 1.165) is 57.0 Å². The molecule has 0 unspecified atom stereocenters. The number of hydrogen-bond acceptors (Lipinski definition) is 4. The summed E-state index contributed by atoms with van der Waals surface area (Å²) in [5, 5.41) is 0. The predicted octanol–water partition coefficient (Wildman–Crippen LogP) is 1.89. The number of hydrogen-bond donors (Lipinski definition) is 1. The van der Waals surface area contributed by atoms with Crippen molar-refractivity contribution < 1.29 is 9.47 Å². The lowest BCUT2D eigenvalue weighted by Gasteiger charge is -2.29. The first-order valence-corrected chi connectivity index (χ1v) is 7.03. The van der Waals surface area contributed by atoms with Crippen molar-refractivity contribution >= 4 is 0 Å². The zero-order valence-electron chi connectivity index (χ0n) is 11.7. The Morgan fingerprint density at radius 1 is 1.26 bits per heavy atom. The van der Waals surface area contributed by atoms with Gasteiger partial charge in [0.1, 0.15) is 11.5 Å². The molecule has 0 spiro atoms. The van der Waals surface area contributed by atoms with Crippen LogP contribution in [0.3, 0.4) is 0 Å². The van der Waals surface area contributed by atoms with E-state index in [2.05, 4.69) is 4.90 Å². The Bertz CT molecular complexity index is 376. The first-order valence-electron chi connectivity index (χ1n) is 7.03. The molecule has 106 valence electrons. The fourth-order valence-electron chi connectivity index (χ4n) is 2.35. The first-order chi connectivity index (χ1) is 9.28. The van der Waals surface area contributed by atoms with Crippen LogP contribution in [0.1, 0.15) is 19.3 Å². The van der Waals surface area contributed by atoms with Gasteiger partial charge in [0.15, 0.2) is 0 Å². The highest BCUT2D eigenvalue weighted by molar-refractivity contribution is 5.32. The van der Waals surface area contributed by atoms with Crippen molar-refractivity contribution in [1.29, 1.82) is 0 Å². The molecule has 0 atom stereocenters. The standard InChI is InChI=1S/C15H24N2O2/c1-18-14-4-2-5-15(12-14)19-11-3-8-17-9-6-13(16)7-10-17/h2,4-5,12-13H,3,6-11,16H2,1H3. The summed E-state index contributed by atoms with van der Waals surface area (Å²) in [5.74, 6) is 1.71. The van der Waals surface area contributed by atoms with E-state index in [1.165, 1.54) is 0 Å². The summed E-state index contributed by atoms with van der Waals surface area (Å²) in [5.41, 5.74) is 5.89. The van der Waals surface area contributed by atoms with Crippen molar-refractivity contribution in [1.82, 2.24) is 4.90 Å². The average Bonchev–Trinajstić information content (AvgIpc) is 2.46. The number of methoxy groups -OCH3 is 1. The fourth-order valence-corrected chi connectivity index (χ4v) is 2.35. The summed E-state index contributed by atoms with van der Waals surface area (Å²) in [4.78, 5) is 2.47. The lowest BCUT2D eigenvalue weighted by molar-refractivity contribution is 0.193. The Labute approximate surface area is 115 Å². The van der Waals surface area contributed by atoms with Gasteiger partial charge >= 0.3 is 0 Å². The molecular formula is C15H24N2O2. The van der Waals surface area contributed by atoms with Gasteiger partial charge in [0.05, 0.1) is 13.7 Å². The molecule has 1 aromatic carbocycles. The summed E-state index contributed by atoms with van der Waals surface area (Å²) >= 11 is 0. The van der Waals surface area contributed by atoms with E-state index in [-0.39, 0.29) is 0 Å². The molecule has 0 aromatic heterocycles. The largest absolute Gasteiger partial charge is 0.497 e. The molecule has 1 heterocycles. The number of ether oxygens (including phenoxy) is 2. The summed E-state index contributed by atoms with van der Waals surface area (Å²) in [6, 6.07) is 8.15. The molecule has 4 nitrogen and oxygen atoms in total. The van der Waals surface area contributed by atoms with Crippen LogP contribution in [0.15, 0.2) is 24.3 Å². The van der Waals surface area contributed by atoms with Crippen molar-refractivity contribution in [2.24, 2.45) is 5.73 Å². The van der Waals surface area contributed by atoms with E-state index in [9.17, 15) is 0 Å². The molecule has 1 fully saturated rings. The molecule has 4 heteroatoms. The van der Waals surface area contributed by atoms with E-state index < -0.39 is 0 Å². The molecule has 1 aromatic rings. The first kappa shape index (κ1) is 14.2. The normalized spacial score (nSPS) is 17.4. The van der Waals surface area contributed by atoms with Gasteiger partial charge in [-0.1, -0.05) is 6.07 Å². The highest BCUT2D eigenvalue weighted by atomic mass is 16.5. The van der Waals surface area contributed by atoms with Gasteiger partial charge in [-0.05, 0) is 44.5 Å². The monoisotopic (exact) mass is 264 g/mol. The third kappa shape index (κ3) is 4.73. The molecule has 19 heavy (non-hydrogen) atoms. The Morgan fingerprint density at radius 3 is 2.74 bits per heavy atom. The van der Waals surface area contributed by atoms with Crippen LogP contribution in [-0.2, 0) is 0 Å². The smallest absolute Gasteiger partial charge is 0.122 e. The maximum Gasteiger partial charge on any atom is 0.122 e. The Kier molecular flexibility index (Phi) is 5.48. The topological polar surface area (TPSA) is 47.7 Å². The predicted molar refractivity (Wildman–Crippen MR) is 76.8 cm³/mol. The van der Waals surface area contributed by atoms with Crippen molar-refractivity contribution in [3.63, 3.8) is 0 Å². The van der Waals surface area contributed by atoms with Gasteiger partial charge in [0.25, 0.3) is 0 Å². The Balaban J connectivity index is 1.63. The van der Waals surface area contributed by atoms with Gasteiger partial charge < -0.3 is 20.1 Å². The van der Waals surface area contributed by atoms with Crippen LogP contribution in [0.5, 0.6) is 11.5 Å². The van der Waals surface area contributed by atoms with Gasteiger partial charge in [-0.3, -0.25) is 0 Å². The second-order valence-electron chi connectivity index (χ2n) is 5.06. The van der Waals surface area contributed by atoms with E-state index in [4.69, 9.17) is 15.2 Å². The van der Waals surface area contributed by atoms with Crippen molar-refractivity contribution in [3.05, 3.63) is 24.3 Å². The van der Waals surface area contributed by atoms with Crippen LogP contribution in [0.25, 0.3) is 0 Å². The van der Waals surface area contributed by atoms with Crippen LogP contribution in [0.2, 0.25) is 0 Å². The Hall–Kier alpha value is -1.26. The van der Waals surface area contributed by atoms with E-state index >= 15 is 0 Å². The van der Waals surface area contributed by atoms with E-state index in [0.29, 0.717) is 6.04 Å². The molecule has 0 aliphatic carbocycles. The molecule has 0 radical (unpaired) electrons. The number of rotatable bonds is 6. The van der Waals surface area contributed by atoms with E-state index in [1.54, 1.807) is 7.11 Å². The number of nitrogens with zero attached hydrogens (tertiary/aromatic N) is 1. The molecule has 1 aliphatic rings. The SMILES string of the molecule is COc1cccc(OCCCN2CCC(N)CC2)c1. The quantitative estimate of drug-likeness (QED) is 0.797. The zero-order chi connectivity index (χ0) is 13.5. The molecule has 0 bridgehead atoms. The molecule has 1 aliphatic heterocycles. The van der Waals surface area contributed by atoms with Crippen LogP contribution in [-0.4, -0.2) is 44.3 Å². The number of nitrogens with two attached hydrogens (primary N) is 1. The van der Waals surface area contributed by atoms with Crippen molar-refractivity contribution in [2.45, 2.75) is 25.3 Å². The van der Waals surface area contributed by atoms with Crippen LogP contribution in [0, 0.1) is 0 Å². The van der Waals surface area contributed by atoms with Crippen LogP contribution >= 0.6 is 0 Å². The summed E-state index contributed by atoms with van der Waals surface area (Å²) in [6.45, 7) is 4.09. The molecule has 2 N–H and O–H groups in total. The minimum absolute atomic E-state index is 0.407. The van der Waals surface area contributed by atoms with Gasteiger partial charge in [0, 0.05) is 18.7 Å². The van der Waals surface area contributed by atoms with E-state index in [1.807, 2.05) is 24.3 Å². The van der Waals surface area contributed by atoms with Gasteiger partial charge in [-0.25, -0.2) is 0 Å². The van der Waals surface area contributed by atoms with Crippen LogP contribution < -0.4 is 15.2 Å². The minimum atomic E-state index is 0.407. The molecule has 0 saturated carbocycles. The van der Waals surface area contributed by atoms with Crippen molar-refractivity contribution in [2.75, 3.05) is 33.4 Å². The fraction of sp³-hybridized carbons (Fsp3) is 0.600. The molecule has 1 saturated heterocycles. The average molecular weight is 264 g/mol. The summed E-state index contributed by atoms with van der Waals surface area (Å²) < 4.78 is 10.9. The lowest BCUT2D eigenvalue weighted by atomic mass is 10.1. The molecular weight excluding hydrogens is 240 g/mol. The molecule has 0 amide bonds. The van der Waals surface area contributed by atoms with Crippen molar-refractivity contribution in [3.8, 4) is 11.5 Å². The maximum atomic E-state index is 5.89. The summed E-state index contributed by atoms with van der Waals surface area (Å²) in [7, 11) is 1.67. The third-order valence-corrected chi connectivity index (χ3v) is 3.56. The third-order valence-electron chi connectivity index (χ3n) is 3.56. The van der Waals surface area contributed by atoms with Crippen LogP contribution in [0.4, 0.5) is 0 Å². The maximum absolute atomic E-state index is 5.89. The lowest BCUT2D eigenvalue weighted by Crippen LogP contribution is -2.40. The zero-order valence-corrected chi connectivity index (χ0v) is 11.7. The second-order valence-corrected chi connectivity index (χ2v) is 5.06. The number of benzene rings is 1. The minimum Gasteiger partial charge on any atom is -0.497 e. The highest BCUT2D eigenvalue weighted by Crippen LogP contribution is 2.19. The number of likely N-dealkylation sites (tertiary alicyclic amines) is 1. The highest BCUT2D eigenvalue weighted by Gasteiger charge is 2.15.